The molecule has 1 unspecified atom stereocenters. The molecule has 2 N–H and O–H groups in total. The van der Waals surface area contributed by atoms with Gasteiger partial charge < -0.3 is 25.2 Å². The number of hydrogen-bond donors (Lipinski definition) is 2. The van der Waals surface area contributed by atoms with Gasteiger partial charge in [0, 0.05) is 36.9 Å². The minimum absolute atomic E-state index is 0.152. The third-order valence-electron chi connectivity index (χ3n) is 4.65. The van der Waals surface area contributed by atoms with Gasteiger partial charge in [0.1, 0.15) is 6.04 Å². The lowest BCUT2D eigenvalue weighted by molar-refractivity contribution is -0.133. The molecule has 1 aromatic carbocycles. The summed E-state index contributed by atoms with van der Waals surface area (Å²) in [5, 5.41) is 6.01. The Labute approximate surface area is 176 Å². The second-order valence-corrected chi connectivity index (χ2v) is 7.86. The zero-order chi connectivity index (χ0) is 21.4. The van der Waals surface area contributed by atoms with Gasteiger partial charge in [-0.3, -0.25) is 4.79 Å². The van der Waals surface area contributed by atoms with Gasteiger partial charge in [-0.05, 0) is 37.0 Å². The first-order valence-corrected chi connectivity index (χ1v) is 10.1. The lowest BCUT2D eigenvalue weighted by atomic mass is 10.0. The third-order valence-corrected chi connectivity index (χ3v) is 4.89. The van der Waals surface area contributed by atoms with Crippen LogP contribution in [0.4, 0.5) is 15.3 Å². The predicted molar refractivity (Wildman–Crippen MR) is 112 cm³/mol. The normalized spacial score (nSPS) is 15.5. The highest BCUT2D eigenvalue weighted by atomic mass is 35.5. The first-order chi connectivity index (χ1) is 13.8. The van der Waals surface area contributed by atoms with Crippen LogP contribution in [0.25, 0.3) is 0 Å². The average Bonchev–Trinajstić information content (AvgIpc) is 2.92. The van der Waals surface area contributed by atoms with Crippen LogP contribution in [0.2, 0.25) is 5.02 Å². The maximum atomic E-state index is 13.0. The number of methoxy groups -OCH3 is 1. The van der Waals surface area contributed by atoms with Crippen LogP contribution in [0.1, 0.15) is 26.7 Å². The topological polar surface area (TPSA) is 91.0 Å². The monoisotopic (exact) mass is 424 g/mol. The summed E-state index contributed by atoms with van der Waals surface area (Å²) in [4.78, 5) is 40.5. The van der Waals surface area contributed by atoms with E-state index in [4.69, 9.17) is 11.6 Å². The number of carbonyl (C=O) groups is 3. The van der Waals surface area contributed by atoms with Crippen molar-refractivity contribution < 1.29 is 19.1 Å². The predicted octanol–water partition coefficient (Wildman–Crippen LogP) is 3.18. The molecule has 2 rings (SSSR count). The van der Waals surface area contributed by atoms with Crippen LogP contribution in [0.3, 0.4) is 0 Å². The number of carbonyl (C=O) groups excluding carboxylic acids is 3. The number of ether oxygens (including phenoxy) is 1. The van der Waals surface area contributed by atoms with E-state index in [9.17, 15) is 14.4 Å². The maximum absolute atomic E-state index is 13.0. The van der Waals surface area contributed by atoms with E-state index < -0.39 is 12.1 Å². The van der Waals surface area contributed by atoms with Crippen molar-refractivity contribution in [1.82, 2.24) is 15.1 Å². The molecular formula is C20H29ClN4O4. The Bertz CT molecular complexity index is 728. The summed E-state index contributed by atoms with van der Waals surface area (Å²) in [7, 11) is 1.27. The highest BCUT2D eigenvalue weighted by Crippen LogP contribution is 2.16. The molecule has 0 aromatic heterocycles. The summed E-state index contributed by atoms with van der Waals surface area (Å²) in [6.45, 7) is 5.85. The summed E-state index contributed by atoms with van der Waals surface area (Å²) < 4.78 is 4.65. The molecule has 0 aliphatic carbocycles. The van der Waals surface area contributed by atoms with Crippen molar-refractivity contribution in [3.05, 3.63) is 29.3 Å². The molecule has 1 heterocycles. The van der Waals surface area contributed by atoms with Gasteiger partial charge >= 0.3 is 12.1 Å². The summed E-state index contributed by atoms with van der Waals surface area (Å²) in [6.07, 6.45) is 0.548. The van der Waals surface area contributed by atoms with Crippen molar-refractivity contribution >= 4 is 35.3 Å². The van der Waals surface area contributed by atoms with Crippen LogP contribution in [0.15, 0.2) is 24.3 Å². The van der Waals surface area contributed by atoms with E-state index in [-0.39, 0.29) is 17.9 Å². The zero-order valence-electron chi connectivity index (χ0n) is 17.1. The van der Waals surface area contributed by atoms with Crippen molar-refractivity contribution in [2.75, 3.05) is 38.6 Å². The summed E-state index contributed by atoms with van der Waals surface area (Å²) in [5.41, 5.74) is 0.624. The molecule has 1 aromatic rings. The SMILES string of the molecule is COC(=O)NC(CC(C)C)C(=O)N1CCCN(C(=O)Nc2cccc(Cl)c2)CC1. The number of rotatable bonds is 5. The van der Waals surface area contributed by atoms with Crippen molar-refractivity contribution in [2.24, 2.45) is 5.92 Å². The Morgan fingerprint density at radius 2 is 1.83 bits per heavy atom. The standard InChI is InChI=1S/C20H29ClN4O4/c1-14(2)12-17(23-20(28)29-3)18(26)24-8-5-9-25(11-10-24)19(27)22-16-7-4-6-15(21)13-16/h4,6-7,13-14,17H,5,8-12H2,1-3H3,(H,22,27)(H,23,28). The van der Waals surface area contributed by atoms with Crippen LogP contribution in [-0.4, -0.2) is 67.2 Å². The molecule has 0 radical (unpaired) electrons. The van der Waals surface area contributed by atoms with Crippen LogP contribution in [0, 0.1) is 5.92 Å². The van der Waals surface area contributed by atoms with Crippen LogP contribution >= 0.6 is 11.6 Å². The molecule has 0 saturated carbocycles. The Balaban J connectivity index is 1.97. The molecular weight excluding hydrogens is 396 g/mol. The van der Waals surface area contributed by atoms with E-state index in [1.165, 1.54) is 7.11 Å². The van der Waals surface area contributed by atoms with Gasteiger partial charge in [-0.1, -0.05) is 31.5 Å². The van der Waals surface area contributed by atoms with Gasteiger partial charge in [-0.2, -0.15) is 0 Å². The van der Waals surface area contributed by atoms with Crippen molar-refractivity contribution in [2.45, 2.75) is 32.7 Å². The van der Waals surface area contributed by atoms with E-state index in [0.717, 1.165) is 0 Å². The molecule has 1 saturated heterocycles. The Morgan fingerprint density at radius 1 is 1.14 bits per heavy atom. The number of nitrogens with one attached hydrogen (secondary N) is 2. The fraction of sp³-hybridized carbons (Fsp3) is 0.550. The van der Waals surface area contributed by atoms with Gasteiger partial charge in [0.15, 0.2) is 0 Å². The van der Waals surface area contributed by atoms with E-state index in [1.807, 2.05) is 13.8 Å². The van der Waals surface area contributed by atoms with Crippen LogP contribution in [-0.2, 0) is 9.53 Å². The highest BCUT2D eigenvalue weighted by molar-refractivity contribution is 6.30. The maximum Gasteiger partial charge on any atom is 0.407 e. The van der Waals surface area contributed by atoms with E-state index >= 15 is 0 Å². The average molecular weight is 425 g/mol. The molecule has 1 fully saturated rings. The summed E-state index contributed by atoms with van der Waals surface area (Å²) >= 11 is 5.96. The minimum Gasteiger partial charge on any atom is -0.453 e. The van der Waals surface area contributed by atoms with E-state index in [1.54, 1.807) is 34.1 Å². The smallest absolute Gasteiger partial charge is 0.407 e. The molecule has 1 atom stereocenters. The Hall–Kier alpha value is -2.48. The third kappa shape index (κ3) is 7.12. The van der Waals surface area contributed by atoms with Gasteiger partial charge in [-0.15, -0.1) is 0 Å². The molecule has 4 amide bonds. The molecule has 0 bridgehead atoms. The minimum atomic E-state index is -0.644. The number of amides is 4. The van der Waals surface area contributed by atoms with Gasteiger partial charge in [0.2, 0.25) is 5.91 Å². The Kier molecular flexibility index (Phi) is 8.57. The molecule has 9 heteroatoms. The van der Waals surface area contributed by atoms with Crippen LogP contribution < -0.4 is 10.6 Å². The van der Waals surface area contributed by atoms with Gasteiger partial charge in [0.25, 0.3) is 0 Å². The number of hydrogen-bond acceptors (Lipinski definition) is 4. The fourth-order valence-electron chi connectivity index (χ4n) is 3.22. The molecule has 1 aliphatic rings. The van der Waals surface area contributed by atoms with E-state index in [0.29, 0.717) is 49.7 Å². The number of alkyl carbamates (subject to hydrolysis) is 1. The number of halogens is 1. The quantitative estimate of drug-likeness (QED) is 0.759. The second-order valence-electron chi connectivity index (χ2n) is 7.42. The van der Waals surface area contributed by atoms with Gasteiger partial charge in [0.05, 0.1) is 7.11 Å². The summed E-state index contributed by atoms with van der Waals surface area (Å²) in [5.74, 6) is 0.0780. The Morgan fingerprint density at radius 3 is 2.48 bits per heavy atom. The number of anilines is 1. The lowest BCUT2D eigenvalue weighted by Crippen LogP contribution is -2.50. The molecule has 29 heavy (non-hydrogen) atoms. The van der Waals surface area contributed by atoms with Crippen molar-refractivity contribution in [3.8, 4) is 0 Å². The summed E-state index contributed by atoms with van der Waals surface area (Å²) in [6, 6.07) is 6.09. The fourth-order valence-corrected chi connectivity index (χ4v) is 3.41. The number of benzene rings is 1. The van der Waals surface area contributed by atoms with Crippen molar-refractivity contribution in [3.63, 3.8) is 0 Å². The molecule has 1 aliphatic heterocycles. The number of urea groups is 1. The van der Waals surface area contributed by atoms with Crippen molar-refractivity contribution in [1.29, 1.82) is 0 Å². The molecule has 160 valence electrons. The van der Waals surface area contributed by atoms with E-state index in [2.05, 4.69) is 15.4 Å². The zero-order valence-corrected chi connectivity index (χ0v) is 17.9. The van der Waals surface area contributed by atoms with Gasteiger partial charge in [-0.25, -0.2) is 9.59 Å². The van der Waals surface area contributed by atoms with Crippen LogP contribution in [0.5, 0.6) is 0 Å². The first-order valence-electron chi connectivity index (χ1n) is 9.75. The second kappa shape index (κ2) is 10.9. The first kappa shape index (κ1) is 22.8. The lowest BCUT2D eigenvalue weighted by Gasteiger charge is -2.27. The molecule has 0 spiro atoms. The number of nitrogens with zero attached hydrogens (tertiary/aromatic N) is 2. The highest BCUT2D eigenvalue weighted by Gasteiger charge is 2.29. The largest absolute Gasteiger partial charge is 0.453 e. The molecule has 8 nitrogen and oxygen atoms in total.